The SMILES string of the molecule is CCOc1c(CC(N)=O)cc([C@@](O)(CNC(=O)c2cc(OC)c3nn(C4CC4)cc3c2)C2CC2)nc1-c1cc(Cl)c(F)c(Cl)c1. The van der Waals surface area contributed by atoms with Crippen molar-refractivity contribution in [2.45, 2.75) is 50.7 Å². The van der Waals surface area contributed by atoms with Gasteiger partial charge in [0.2, 0.25) is 5.91 Å². The monoisotopic (exact) mass is 655 g/mol. The Morgan fingerprint density at radius 2 is 1.87 bits per heavy atom. The van der Waals surface area contributed by atoms with Crippen LogP contribution >= 0.6 is 23.2 Å². The van der Waals surface area contributed by atoms with Crippen LogP contribution in [0.15, 0.2) is 36.5 Å². The van der Waals surface area contributed by atoms with Gasteiger partial charge in [-0.15, -0.1) is 0 Å². The van der Waals surface area contributed by atoms with Crippen LogP contribution in [-0.4, -0.2) is 51.9 Å². The predicted octanol–water partition coefficient (Wildman–Crippen LogP) is 5.34. The number of amides is 2. The Bertz CT molecular complexity index is 1800. The number of nitrogens with one attached hydrogen (secondary N) is 1. The van der Waals surface area contributed by atoms with Crippen molar-refractivity contribution in [1.82, 2.24) is 20.1 Å². The number of aromatic nitrogens is 3. The highest BCUT2D eigenvalue weighted by atomic mass is 35.5. The molecule has 6 rings (SSSR count). The van der Waals surface area contributed by atoms with E-state index < -0.39 is 23.2 Å². The molecule has 2 heterocycles. The number of fused-ring (bicyclic) bond motifs is 1. The van der Waals surface area contributed by atoms with Crippen LogP contribution in [-0.2, 0) is 16.8 Å². The van der Waals surface area contributed by atoms with E-state index in [9.17, 15) is 19.1 Å². The molecular weight excluding hydrogens is 624 g/mol. The van der Waals surface area contributed by atoms with Crippen molar-refractivity contribution in [3.05, 3.63) is 69.2 Å². The Kier molecular flexibility index (Phi) is 8.36. The minimum atomic E-state index is -1.62. The molecule has 2 amide bonds. The van der Waals surface area contributed by atoms with Crippen molar-refractivity contribution >= 4 is 45.9 Å². The van der Waals surface area contributed by atoms with E-state index in [-0.39, 0.29) is 52.7 Å². The summed E-state index contributed by atoms with van der Waals surface area (Å²) in [5.41, 5.74) is 6.05. The van der Waals surface area contributed by atoms with E-state index in [1.807, 2.05) is 10.9 Å². The average molecular weight is 657 g/mol. The van der Waals surface area contributed by atoms with E-state index in [0.717, 1.165) is 18.2 Å². The largest absolute Gasteiger partial charge is 0.494 e. The normalized spacial score (nSPS) is 16.0. The fraction of sp³-hybridized carbons (Fsp3) is 0.375. The van der Waals surface area contributed by atoms with Crippen LogP contribution in [0.1, 0.15) is 60.3 Å². The van der Waals surface area contributed by atoms with Gasteiger partial charge in [-0.2, -0.15) is 5.10 Å². The fourth-order valence-electron chi connectivity index (χ4n) is 5.58. The van der Waals surface area contributed by atoms with Gasteiger partial charge in [0.15, 0.2) is 5.82 Å². The van der Waals surface area contributed by atoms with Gasteiger partial charge in [-0.1, -0.05) is 23.2 Å². The van der Waals surface area contributed by atoms with Crippen LogP contribution in [0.5, 0.6) is 11.5 Å². The number of ether oxygens (including phenoxy) is 2. The van der Waals surface area contributed by atoms with E-state index in [4.69, 9.17) is 43.4 Å². The number of hydrogen-bond acceptors (Lipinski definition) is 7. The molecule has 0 radical (unpaired) electrons. The summed E-state index contributed by atoms with van der Waals surface area (Å²) in [6.07, 6.45) is 5.20. The molecule has 45 heavy (non-hydrogen) atoms. The molecule has 2 saturated carbocycles. The van der Waals surface area contributed by atoms with Gasteiger partial charge in [0, 0.05) is 28.3 Å². The topological polar surface area (TPSA) is 142 Å². The number of nitrogens with two attached hydrogens (primary N) is 1. The van der Waals surface area contributed by atoms with E-state index in [0.29, 0.717) is 46.8 Å². The van der Waals surface area contributed by atoms with Gasteiger partial charge in [-0.3, -0.25) is 14.3 Å². The number of carbonyl (C=O) groups is 2. The van der Waals surface area contributed by atoms with Gasteiger partial charge in [0.05, 0.1) is 48.5 Å². The molecule has 10 nitrogen and oxygen atoms in total. The standard InChI is InChI=1S/C32H32Cl2FN5O5/c1-3-45-30-17(13-26(36)41)12-25(38-29(30)16-9-22(33)27(35)23(34)10-16)32(43,20-4-5-20)15-37-31(42)18-8-19-14-40(21-6-7-21)39-28(19)24(11-18)44-2/h8-12,14,20-21,43H,3-7,13,15H2,1-2H3,(H2,36,41)(H,37,42)/t32-/m1/s1. The fourth-order valence-corrected chi connectivity index (χ4v) is 6.06. The molecule has 4 aromatic rings. The van der Waals surface area contributed by atoms with Gasteiger partial charge in [0.25, 0.3) is 5.91 Å². The summed E-state index contributed by atoms with van der Waals surface area (Å²) in [6, 6.07) is 7.99. The molecule has 4 N–H and O–H groups in total. The van der Waals surface area contributed by atoms with Crippen molar-refractivity contribution in [3.8, 4) is 22.8 Å². The molecule has 236 valence electrons. The molecule has 0 aliphatic heterocycles. The molecule has 0 spiro atoms. The number of carbonyl (C=O) groups excluding carboxylic acids is 2. The Labute approximate surface area is 268 Å². The molecule has 0 unspecified atom stereocenters. The lowest BCUT2D eigenvalue weighted by molar-refractivity contribution is -0.117. The molecule has 2 fully saturated rings. The first-order valence-corrected chi connectivity index (χ1v) is 15.5. The minimum Gasteiger partial charge on any atom is -0.494 e. The van der Waals surface area contributed by atoms with Crippen LogP contribution in [0.25, 0.3) is 22.2 Å². The lowest BCUT2D eigenvalue weighted by Gasteiger charge is -2.30. The molecule has 0 saturated heterocycles. The average Bonchev–Trinajstić information content (AvgIpc) is 3.95. The number of methoxy groups -OCH3 is 1. The highest BCUT2D eigenvalue weighted by molar-refractivity contribution is 6.35. The van der Waals surface area contributed by atoms with Gasteiger partial charge < -0.3 is 25.6 Å². The summed E-state index contributed by atoms with van der Waals surface area (Å²) in [7, 11) is 1.53. The van der Waals surface area contributed by atoms with Gasteiger partial charge in [0.1, 0.15) is 28.3 Å². The van der Waals surface area contributed by atoms with Crippen LogP contribution in [0.4, 0.5) is 4.39 Å². The number of pyridine rings is 1. The molecule has 2 aromatic carbocycles. The molecule has 0 bridgehead atoms. The molecule has 13 heteroatoms. The number of benzene rings is 2. The maximum Gasteiger partial charge on any atom is 0.251 e. The third-order valence-corrected chi connectivity index (χ3v) is 8.72. The van der Waals surface area contributed by atoms with Gasteiger partial charge in [-0.25, -0.2) is 9.37 Å². The number of rotatable bonds is 12. The number of hydrogen-bond donors (Lipinski definition) is 3. The van der Waals surface area contributed by atoms with Gasteiger partial charge >= 0.3 is 0 Å². The number of aliphatic hydroxyl groups is 1. The number of halogens is 3. The summed E-state index contributed by atoms with van der Waals surface area (Å²) in [5, 5.41) is 20.0. The zero-order valence-electron chi connectivity index (χ0n) is 24.7. The molecule has 2 aliphatic rings. The van der Waals surface area contributed by atoms with E-state index in [1.165, 1.54) is 19.2 Å². The Morgan fingerprint density at radius 3 is 2.47 bits per heavy atom. The quantitative estimate of drug-likeness (QED) is 0.175. The van der Waals surface area contributed by atoms with Crippen molar-refractivity contribution in [2.24, 2.45) is 11.7 Å². The van der Waals surface area contributed by atoms with Crippen molar-refractivity contribution in [3.63, 3.8) is 0 Å². The van der Waals surface area contributed by atoms with Crippen LogP contribution in [0.2, 0.25) is 10.0 Å². The lowest BCUT2D eigenvalue weighted by atomic mass is 9.90. The summed E-state index contributed by atoms with van der Waals surface area (Å²) < 4.78 is 27.7. The van der Waals surface area contributed by atoms with E-state index >= 15 is 0 Å². The maximum absolute atomic E-state index is 14.3. The number of primary amides is 1. The Hall–Kier alpha value is -3.93. The van der Waals surface area contributed by atoms with Crippen LogP contribution in [0, 0.1) is 11.7 Å². The highest BCUT2D eigenvalue weighted by Gasteiger charge is 2.47. The van der Waals surface area contributed by atoms with Crippen LogP contribution in [0.3, 0.4) is 0 Å². The summed E-state index contributed by atoms with van der Waals surface area (Å²) in [5.74, 6) is -1.37. The molecule has 2 aromatic heterocycles. The summed E-state index contributed by atoms with van der Waals surface area (Å²) in [4.78, 5) is 30.4. The smallest absolute Gasteiger partial charge is 0.251 e. The van der Waals surface area contributed by atoms with Crippen LogP contribution < -0.4 is 20.5 Å². The zero-order chi connectivity index (χ0) is 32.0. The maximum atomic E-state index is 14.3. The Balaban J connectivity index is 1.38. The van der Waals surface area contributed by atoms with Crippen molar-refractivity contribution in [2.75, 3.05) is 20.3 Å². The second kappa shape index (κ2) is 12.1. The summed E-state index contributed by atoms with van der Waals surface area (Å²) >= 11 is 12.2. The molecular formula is C32H32Cl2FN5O5. The van der Waals surface area contributed by atoms with E-state index in [2.05, 4.69) is 10.4 Å². The van der Waals surface area contributed by atoms with Crippen molar-refractivity contribution < 1.29 is 28.6 Å². The lowest BCUT2D eigenvalue weighted by Crippen LogP contribution is -2.43. The number of nitrogens with zero attached hydrogens (tertiary/aromatic N) is 3. The third-order valence-electron chi connectivity index (χ3n) is 8.17. The van der Waals surface area contributed by atoms with E-state index in [1.54, 1.807) is 25.1 Å². The summed E-state index contributed by atoms with van der Waals surface area (Å²) in [6.45, 7) is 1.80. The first-order valence-electron chi connectivity index (χ1n) is 14.7. The molecule has 1 atom stereocenters. The minimum absolute atomic E-state index is 0.181. The third kappa shape index (κ3) is 6.16. The predicted molar refractivity (Wildman–Crippen MR) is 167 cm³/mol. The molecule has 2 aliphatic carbocycles. The first kappa shape index (κ1) is 31.1. The van der Waals surface area contributed by atoms with Crippen molar-refractivity contribution in [1.29, 1.82) is 0 Å². The highest BCUT2D eigenvalue weighted by Crippen LogP contribution is 2.47. The first-order chi connectivity index (χ1) is 21.5. The zero-order valence-corrected chi connectivity index (χ0v) is 26.2. The second-order valence-electron chi connectivity index (χ2n) is 11.5. The second-order valence-corrected chi connectivity index (χ2v) is 12.3. The van der Waals surface area contributed by atoms with Gasteiger partial charge in [-0.05, 0) is 68.9 Å². The Morgan fingerprint density at radius 1 is 1.16 bits per heavy atom.